The number of hydrogen-bond donors (Lipinski definition) is 1. The van der Waals surface area contributed by atoms with Gasteiger partial charge in [-0.25, -0.2) is 4.39 Å². The van der Waals surface area contributed by atoms with E-state index in [1.54, 1.807) is 7.11 Å². The Kier molecular flexibility index (Phi) is 5.49. The van der Waals surface area contributed by atoms with Crippen LogP contribution in [-0.4, -0.2) is 42.8 Å². The maximum Gasteiger partial charge on any atom is 0.264 e. The topological polar surface area (TPSA) is 75.7 Å². The van der Waals surface area contributed by atoms with E-state index in [4.69, 9.17) is 4.74 Å². The van der Waals surface area contributed by atoms with Gasteiger partial charge in [-0.3, -0.25) is 19.3 Å². The van der Waals surface area contributed by atoms with Gasteiger partial charge >= 0.3 is 0 Å². The van der Waals surface area contributed by atoms with Crippen LogP contribution in [0.15, 0.2) is 42.5 Å². The Hall–Kier alpha value is -3.22. The van der Waals surface area contributed by atoms with Crippen LogP contribution < -0.4 is 10.1 Å². The van der Waals surface area contributed by atoms with Crippen molar-refractivity contribution >= 4 is 17.7 Å². The highest BCUT2D eigenvalue weighted by molar-refractivity contribution is 6.21. The van der Waals surface area contributed by atoms with Gasteiger partial charge in [-0.05, 0) is 30.2 Å². The zero-order valence-electron chi connectivity index (χ0n) is 14.8. The molecule has 3 rings (SSSR count). The molecule has 0 radical (unpaired) electrons. The molecule has 3 amide bonds. The van der Waals surface area contributed by atoms with Crippen molar-refractivity contribution in [1.29, 1.82) is 0 Å². The number of hydrogen-bond acceptors (Lipinski definition) is 4. The number of amides is 3. The van der Waals surface area contributed by atoms with Gasteiger partial charge < -0.3 is 10.1 Å². The third-order valence-electron chi connectivity index (χ3n) is 4.42. The molecule has 0 fully saturated rings. The SMILES string of the molecule is COc1ccccc1CCNC(=O)CCN1C(=O)c2cccc(F)c2C1=O. The molecule has 1 aliphatic heterocycles. The quantitative estimate of drug-likeness (QED) is 0.758. The molecule has 0 bridgehead atoms. The zero-order chi connectivity index (χ0) is 19.4. The number of methoxy groups -OCH3 is 1. The van der Waals surface area contributed by atoms with Crippen LogP contribution in [0.4, 0.5) is 4.39 Å². The summed E-state index contributed by atoms with van der Waals surface area (Å²) in [6, 6.07) is 11.4. The third-order valence-corrected chi connectivity index (χ3v) is 4.42. The average Bonchev–Trinajstić information content (AvgIpc) is 2.92. The van der Waals surface area contributed by atoms with E-state index in [9.17, 15) is 18.8 Å². The molecule has 0 atom stereocenters. The molecule has 2 aromatic carbocycles. The zero-order valence-corrected chi connectivity index (χ0v) is 14.8. The Morgan fingerprint density at radius 3 is 2.63 bits per heavy atom. The second kappa shape index (κ2) is 7.99. The van der Waals surface area contributed by atoms with Gasteiger partial charge in [0.15, 0.2) is 0 Å². The molecule has 140 valence electrons. The lowest BCUT2D eigenvalue weighted by Crippen LogP contribution is -2.35. The van der Waals surface area contributed by atoms with E-state index in [1.165, 1.54) is 12.1 Å². The van der Waals surface area contributed by atoms with Crippen LogP contribution in [0.1, 0.15) is 32.7 Å². The first-order chi connectivity index (χ1) is 13.0. The summed E-state index contributed by atoms with van der Waals surface area (Å²) in [5, 5.41) is 2.75. The van der Waals surface area contributed by atoms with Crippen molar-refractivity contribution in [3.63, 3.8) is 0 Å². The molecule has 27 heavy (non-hydrogen) atoms. The lowest BCUT2D eigenvalue weighted by atomic mass is 10.1. The number of nitrogens with zero attached hydrogens (tertiary/aromatic N) is 1. The molecular formula is C20H19FN2O4. The van der Waals surface area contributed by atoms with Gasteiger partial charge in [-0.1, -0.05) is 24.3 Å². The van der Waals surface area contributed by atoms with Gasteiger partial charge in [0, 0.05) is 19.5 Å². The maximum absolute atomic E-state index is 13.8. The Morgan fingerprint density at radius 2 is 1.89 bits per heavy atom. The number of ether oxygens (including phenoxy) is 1. The fourth-order valence-corrected chi connectivity index (χ4v) is 3.04. The maximum atomic E-state index is 13.8. The lowest BCUT2D eigenvalue weighted by molar-refractivity contribution is -0.121. The summed E-state index contributed by atoms with van der Waals surface area (Å²) >= 11 is 0. The van der Waals surface area contributed by atoms with E-state index in [0.29, 0.717) is 13.0 Å². The molecule has 0 unspecified atom stereocenters. The number of nitrogens with one attached hydrogen (secondary N) is 1. The van der Waals surface area contributed by atoms with Gasteiger partial charge in [0.2, 0.25) is 5.91 Å². The minimum absolute atomic E-state index is 0.0385. The minimum atomic E-state index is -0.727. The number of fused-ring (bicyclic) bond motifs is 1. The van der Waals surface area contributed by atoms with Gasteiger partial charge in [-0.15, -0.1) is 0 Å². The highest BCUT2D eigenvalue weighted by Gasteiger charge is 2.37. The number of rotatable bonds is 7. The molecule has 2 aromatic rings. The molecular weight excluding hydrogens is 351 g/mol. The number of carbonyl (C=O) groups is 3. The van der Waals surface area contributed by atoms with E-state index in [-0.39, 0.29) is 30.0 Å². The van der Waals surface area contributed by atoms with Crippen molar-refractivity contribution < 1.29 is 23.5 Å². The van der Waals surface area contributed by atoms with Crippen LogP contribution in [-0.2, 0) is 11.2 Å². The Morgan fingerprint density at radius 1 is 1.11 bits per heavy atom. The minimum Gasteiger partial charge on any atom is -0.496 e. The predicted molar refractivity (Wildman–Crippen MR) is 96.1 cm³/mol. The summed E-state index contributed by atoms with van der Waals surface area (Å²) in [6.07, 6.45) is 0.549. The molecule has 0 saturated heterocycles. The molecule has 0 aromatic heterocycles. The first-order valence-corrected chi connectivity index (χ1v) is 8.56. The van der Waals surface area contributed by atoms with Crippen molar-refractivity contribution in [2.24, 2.45) is 0 Å². The summed E-state index contributed by atoms with van der Waals surface area (Å²) in [5.41, 5.74) is 0.784. The van der Waals surface area contributed by atoms with Crippen molar-refractivity contribution in [2.75, 3.05) is 20.2 Å². The fourth-order valence-electron chi connectivity index (χ4n) is 3.04. The molecule has 6 nitrogen and oxygen atoms in total. The number of halogens is 1. The number of para-hydroxylation sites is 1. The fraction of sp³-hybridized carbons (Fsp3) is 0.250. The van der Waals surface area contributed by atoms with Crippen LogP contribution >= 0.6 is 0 Å². The lowest BCUT2D eigenvalue weighted by Gasteiger charge is -2.14. The highest BCUT2D eigenvalue weighted by Crippen LogP contribution is 2.25. The first kappa shape index (κ1) is 18.6. The summed E-state index contributed by atoms with van der Waals surface area (Å²) in [4.78, 5) is 37.4. The summed E-state index contributed by atoms with van der Waals surface area (Å²) in [5.74, 6) is -1.54. The van der Waals surface area contributed by atoms with Crippen molar-refractivity contribution in [2.45, 2.75) is 12.8 Å². The Labute approximate surface area is 155 Å². The number of imide groups is 1. The smallest absolute Gasteiger partial charge is 0.264 e. The second-order valence-electron chi connectivity index (χ2n) is 6.09. The Bertz CT molecular complexity index is 897. The second-order valence-corrected chi connectivity index (χ2v) is 6.09. The van der Waals surface area contributed by atoms with Crippen LogP contribution in [0.2, 0.25) is 0 Å². The molecule has 1 N–H and O–H groups in total. The predicted octanol–water partition coefficient (Wildman–Crippen LogP) is 2.18. The van der Waals surface area contributed by atoms with Gasteiger partial charge in [0.05, 0.1) is 18.2 Å². The molecule has 0 spiro atoms. The van der Waals surface area contributed by atoms with Crippen LogP contribution in [0.25, 0.3) is 0 Å². The molecule has 1 heterocycles. The summed E-state index contributed by atoms with van der Waals surface area (Å²) in [7, 11) is 1.59. The van der Waals surface area contributed by atoms with Gasteiger partial charge in [-0.2, -0.15) is 0 Å². The Balaban J connectivity index is 1.51. The molecule has 0 aliphatic carbocycles. The summed E-state index contributed by atoms with van der Waals surface area (Å²) in [6.45, 7) is 0.308. The van der Waals surface area contributed by atoms with Crippen molar-refractivity contribution in [3.05, 3.63) is 65.0 Å². The van der Waals surface area contributed by atoms with E-state index < -0.39 is 17.6 Å². The number of carbonyl (C=O) groups excluding carboxylic acids is 3. The van der Waals surface area contributed by atoms with Gasteiger partial charge in [0.25, 0.3) is 11.8 Å². The molecule has 0 saturated carbocycles. The monoisotopic (exact) mass is 370 g/mol. The first-order valence-electron chi connectivity index (χ1n) is 8.56. The van der Waals surface area contributed by atoms with Crippen molar-refractivity contribution in [3.8, 4) is 5.75 Å². The van der Waals surface area contributed by atoms with Crippen LogP contribution in [0.3, 0.4) is 0 Å². The third kappa shape index (κ3) is 3.81. The van der Waals surface area contributed by atoms with Crippen LogP contribution in [0.5, 0.6) is 5.75 Å². The van der Waals surface area contributed by atoms with E-state index in [2.05, 4.69) is 5.32 Å². The van der Waals surface area contributed by atoms with E-state index in [1.807, 2.05) is 24.3 Å². The van der Waals surface area contributed by atoms with E-state index in [0.717, 1.165) is 22.3 Å². The van der Waals surface area contributed by atoms with Crippen LogP contribution in [0, 0.1) is 5.82 Å². The standard InChI is InChI=1S/C20H19FN2O4/c1-27-16-8-3-2-5-13(16)9-11-22-17(24)10-12-23-19(25)14-6-4-7-15(21)18(14)20(23)26/h2-8H,9-12H2,1H3,(H,22,24). The molecule has 1 aliphatic rings. The highest BCUT2D eigenvalue weighted by atomic mass is 19.1. The number of benzene rings is 2. The normalized spacial score (nSPS) is 12.9. The molecule has 7 heteroatoms. The van der Waals surface area contributed by atoms with Crippen molar-refractivity contribution in [1.82, 2.24) is 10.2 Å². The average molecular weight is 370 g/mol. The van der Waals surface area contributed by atoms with E-state index >= 15 is 0 Å². The van der Waals surface area contributed by atoms with Gasteiger partial charge in [0.1, 0.15) is 11.6 Å². The largest absolute Gasteiger partial charge is 0.496 e. The summed E-state index contributed by atoms with van der Waals surface area (Å²) < 4.78 is 19.0.